The molecule has 1 aromatic heterocycles. The minimum absolute atomic E-state index is 0.815. The molecule has 1 aromatic carbocycles. The van der Waals surface area contributed by atoms with Gasteiger partial charge >= 0.3 is 0 Å². The second-order valence-corrected chi connectivity index (χ2v) is 23.2. The van der Waals surface area contributed by atoms with Crippen LogP contribution in [0.15, 0.2) is 43.0 Å². The van der Waals surface area contributed by atoms with Crippen molar-refractivity contribution in [2.75, 3.05) is 0 Å². The van der Waals surface area contributed by atoms with Gasteiger partial charge in [0, 0.05) is 16.1 Å². The summed E-state index contributed by atoms with van der Waals surface area (Å²) >= 11 is 0. The van der Waals surface area contributed by atoms with E-state index in [1.807, 2.05) is 0 Å². The second kappa shape index (κ2) is 12.8. The predicted molar refractivity (Wildman–Crippen MR) is 142 cm³/mol. The summed E-state index contributed by atoms with van der Waals surface area (Å²) in [6, 6.07) is 12.2. The lowest BCUT2D eigenvalue weighted by atomic mass is 10.1. The lowest BCUT2D eigenvalue weighted by Crippen LogP contribution is -2.31. The van der Waals surface area contributed by atoms with E-state index in [0.29, 0.717) is 0 Å². The van der Waals surface area contributed by atoms with Crippen LogP contribution in [-0.2, 0) is 19.5 Å². The van der Waals surface area contributed by atoms with Crippen LogP contribution in [0.25, 0.3) is 0 Å². The Morgan fingerprint density at radius 3 is 1.84 bits per heavy atom. The molecule has 2 nitrogen and oxygen atoms in total. The summed E-state index contributed by atoms with van der Waals surface area (Å²) < 4.78 is 4.67. The van der Waals surface area contributed by atoms with Gasteiger partial charge in [-0.05, 0) is 30.4 Å². The van der Waals surface area contributed by atoms with Gasteiger partial charge < -0.3 is 0 Å². The molecule has 0 aliphatic heterocycles. The number of benzene rings is 1. The van der Waals surface area contributed by atoms with Crippen molar-refractivity contribution in [3.05, 3.63) is 54.1 Å². The Hall–Kier alpha value is -1.14. The van der Waals surface area contributed by atoms with Gasteiger partial charge in [-0.1, -0.05) is 108 Å². The SMILES string of the molecule is C[Si](C)(C)CCCCCCCCCn1cc[n+](Cc2ccc(CC[Si](C)(C)C)cc2)c1. The molecule has 0 amide bonds. The van der Waals surface area contributed by atoms with E-state index < -0.39 is 16.1 Å². The van der Waals surface area contributed by atoms with Crippen LogP contribution in [0.2, 0.25) is 51.4 Å². The third-order valence-electron chi connectivity index (χ3n) is 6.14. The minimum atomic E-state index is -0.948. The summed E-state index contributed by atoms with van der Waals surface area (Å²) in [4.78, 5) is 0. The number of imidazole rings is 1. The van der Waals surface area contributed by atoms with Crippen molar-refractivity contribution in [1.82, 2.24) is 4.57 Å². The summed E-state index contributed by atoms with van der Waals surface area (Å²) in [6.45, 7) is 17.0. The third kappa shape index (κ3) is 12.5. The highest BCUT2D eigenvalue weighted by atomic mass is 28.3. The molecule has 0 saturated carbocycles. The topological polar surface area (TPSA) is 8.81 Å². The molecule has 174 valence electrons. The first-order chi connectivity index (χ1) is 14.6. The fourth-order valence-electron chi connectivity index (χ4n) is 4.04. The smallest absolute Gasteiger partial charge is 0.237 e. The van der Waals surface area contributed by atoms with Crippen LogP contribution in [0.3, 0.4) is 0 Å². The Kier molecular flexibility index (Phi) is 10.8. The number of unbranched alkanes of at least 4 members (excludes halogenated alkanes) is 6. The monoisotopic (exact) mass is 457 g/mol. The molecule has 0 N–H and O–H groups in total. The molecule has 2 rings (SSSR count). The van der Waals surface area contributed by atoms with Crippen LogP contribution in [0.5, 0.6) is 0 Å². The zero-order valence-corrected chi connectivity index (χ0v) is 23.4. The maximum absolute atomic E-state index is 2.49. The normalized spacial score (nSPS) is 12.5. The number of aryl methyl sites for hydroxylation is 2. The minimum Gasteiger partial charge on any atom is -0.237 e. The molecule has 1 heterocycles. The molecule has 0 fully saturated rings. The summed E-state index contributed by atoms with van der Waals surface area (Å²) in [5.41, 5.74) is 2.89. The van der Waals surface area contributed by atoms with Gasteiger partial charge in [0.15, 0.2) is 0 Å². The molecule has 0 atom stereocenters. The Morgan fingerprint density at radius 1 is 0.677 bits per heavy atom. The molecule has 31 heavy (non-hydrogen) atoms. The van der Waals surface area contributed by atoms with Gasteiger partial charge in [-0.3, -0.25) is 0 Å². The molecule has 0 aliphatic rings. The standard InChI is InChI=1S/C27H49N2Si2/c1-30(2,3)22-13-11-9-7-8-10-12-19-28-20-21-29(25-28)24-27-16-14-26(15-17-27)18-23-31(4,5)6/h14-17,20-21,25H,7-13,18-19,22-24H2,1-6H3/q+1. The highest BCUT2D eigenvalue weighted by molar-refractivity contribution is 6.76. The van der Waals surface area contributed by atoms with Gasteiger partial charge in [-0.2, -0.15) is 0 Å². The summed E-state index contributed by atoms with van der Waals surface area (Å²) in [5, 5.41) is 0. The largest absolute Gasteiger partial charge is 0.244 e. The van der Waals surface area contributed by atoms with E-state index in [2.05, 4.69) is 91.4 Å². The van der Waals surface area contributed by atoms with E-state index in [1.54, 1.807) is 0 Å². The van der Waals surface area contributed by atoms with Crippen molar-refractivity contribution < 1.29 is 4.57 Å². The number of rotatable bonds is 15. The van der Waals surface area contributed by atoms with Crippen molar-refractivity contribution in [2.24, 2.45) is 0 Å². The average molecular weight is 458 g/mol. The highest BCUT2D eigenvalue weighted by Crippen LogP contribution is 2.16. The fraction of sp³-hybridized carbons (Fsp3) is 0.667. The number of hydrogen-bond donors (Lipinski definition) is 0. The van der Waals surface area contributed by atoms with E-state index in [4.69, 9.17) is 0 Å². The van der Waals surface area contributed by atoms with Crippen molar-refractivity contribution in [2.45, 2.75) is 116 Å². The Labute approximate surface area is 195 Å². The van der Waals surface area contributed by atoms with Crippen molar-refractivity contribution in [1.29, 1.82) is 0 Å². The number of nitrogens with zero attached hydrogens (tertiary/aromatic N) is 2. The summed E-state index contributed by atoms with van der Waals surface area (Å²) in [5.74, 6) is 0. The van der Waals surface area contributed by atoms with E-state index in [0.717, 1.165) is 13.1 Å². The first-order valence-electron chi connectivity index (χ1n) is 12.7. The first-order valence-corrected chi connectivity index (χ1v) is 20.1. The lowest BCUT2D eigenvalue weighted by molar-refractivity contribution is -0.687. The first kappa shape index (κ1) is 26.1. The highest BCUT2D eigenvalue weighted by Gasteiger charge is 2.13. The molecule has 0 saturated heterocycles. The Bertz CT molecular complexity index is 736. The molecule has 0 spiro atoms. The van der Waals surface area contributed by atoms with Gasteiger partial charge in [0.2, 0.25) is 6.33 Å². The van der Waals surface area contributed by atoms with Gasteiger partial charge in [0.1, 0.15) is 18.9 Å². The van der Waals surface area contributed by atoms with Crippen molar-refractivity contribution >= 4 is 16.1 Å². The van der Waals surface area contributed by atoms with E-state index in [9.17, 15) is 0 Å². The molecular formula is C27H49N2Si2+. The average Bonchev–Trinajstić information content (AvgIpc) is 3.12. The molecule has 0 unspecified atom stereocenters. The molecule has 2 aromatic rings. The molecule has 0 aliphatic carbocycles. The lowest BCUT2D eigenvalue weighted by Gasteiger charge is -2.15. The molecular weight excluding hydrogens is 408 g/mol. The fourth-order valence-corrected chi connectivity index (χ4v) is 6.39. The van der Waals surface area contributed by atoms with Crippen LogP contribution in [0, 0.1) is 0 Å². The second-order valence-electron chi connectivity index (χ2n) is 12.0. The zero-order chi connectivity index (χ0) is 22.7. The third-order valence-corrected chi connectivity index (χ3v) is 9.74. The number of aromatic nitrogens is 2. The summed E-state index contributed by atoms with van der Waals surface area (Å²) in [6.07, 6.45) is 17.8. The molecule has 0 radical (unpaired) electrons. The van der Waals surface area contributed by atoms with Crippen LogP contribution < -0.4 is 4.57 Å². The molecule has 0 bridgehead atoms. The Balaban J connectivity index is 1.59. The van der Waals surface area contributed by atoms with Gasteiger partial charge in [-0.15, -0.1) is 0 Å². The van der Waals surface area contributed by atoms with Gasteiger partial charge in [0.05, 0.1) is 6.54 Å². The van der Waals surface area contributed by atoms with Crippen molar-refractivity contribution in [3.63, 3.8) is 0 Å². The van der Waals surface area contributed by atoms with E-state index >= 15 is 0 Å². The van der Waals surface area contributed by atoms with Gasteiger partial charge in [-0.25, -0.2) is 9.13 Å². The van der Waals surface area contributed by atoms with Crippen LogP contribution >= 0.6 is 0 Å². The van der Waals surface area contributed by atoms with Crippen LogP contribution in [0.1, 0.15) is 56.1 Å². The Morgan fingerprint density at radius 2 is 1.23 bits per heavy atom. The van der Waals surface area contributed by atoms with Crippen LogP contribution in [-0.4, -0.2) is 20.7 Å². The zero-order valence-electron chi connectivity index (χ0n) is 21.4. The van der Waals surface area contributed by atoms with Crippen molar-refractivity contribution in [3.8, 4) is 0 Å². The molecule has 4 heteroatoms. The van der Waals surface area contributed by atoms with E-state index in [-0.39, 0.29) is 0 Å². The maximum Gasteiger partial charge on any atom is 0.244 e. The summed E-state index contributed by atoms with van der Waals surface area (Å²) in [7, 11) is -1.76. The maximum atomic E-state index is 2.49. The number of hydrogen-bond acceptors (Lipinski definition) is 0. The quantitative estimate of drug-likeness (QED) is 0.147. The van der Waals surface area contributed by atoms with Gasteiger partial charge in [0.25, 0.3) is 0 Å². The predicted octanol–water partition coefficient (Wildman–Crippen LogP) is 7.77. The van der Waals surface area contributed by atoms with E-state index in [1.165, 1.54) is 74.6 Å². The van der Waals surface area contributed by atoms with Crippen LogP contribution in [0.4, 0.5) is 0 Å².